The fraction of sp³-hybridized carbons (Fsp3) is 0.609. The maximum atomic E-state index is 10.9. The molecule has 0 atom stereocenters. The summed E-state index contributed by atoms with van der Waals surface area (Å²) in [6.07, 6.45) is 10.0. The second kappa shape index (κ2) is 8.75. The predicted octanol–water partition coefficient (Wildman–Crippen LogP) is 5.88. The first-order valence-electron chi connectivity index (χ1n) is 10.2. The van der Waals surface area contributed by atoms with Crippen LogP contribution in [0.3, 0.4) is 0 Å². The van der Waals surface area contributed by atoms with Crippen LogP contribution in [0.5, 0.6) is 5.75 Å². The number of hydrogen-bond donors (Lipinski definition) is 1. The van der Waals surface area contributed by atoms with Crippen molar-refractivity contribution >= 4 is 5.97 Å². The Morgan fingerprint density at radius 3 is 2.65 bits per heavy atom. The van der Waals surface area contributed by atoms with E-state index < -0.39 is 5.97 Å². The van der Waals surface area contributed by atoms with E-state index in [1.165, 1.54) is 56.1 Å². The predicted molar refractivity (Wildman–Crippen MR) is 105 cm³/mol. The minimum absolute atomic E-state index is 0.178. The standard InChI is InChI=1S/C23H32O3/c1-16(2)22-14-20(12-10-18(22)11-13-23(24)25)26-15-19-8-5-9-21(19)17-6-3-4-7-17/h10,12,14,16-17H,3-9,11,13,15H2,1-2H3,(H,24,25). The van der Waals surface area contributed by atoms with Crippen LogP contribution in [0.2, 0.25) is 0 Å². The summed E-state index contributed by atoms with van der Waals surface area (Å²) in [5.41, 5.74) is 5.57. The average Bonchev–Trinajstić information content (AvgIpc) is 3.29. The number of rotatable bonds is 8. The lowest BCUT2D eigenvalue weighted by Gasteiger charge is -2.17. The maximum absolute atomic E-state index is 10.9. The van der Waals surface area contributed by atoms with Gasteiger partial charge < -0.3 is 9.84 Å². The summed E-state index contributed by atoms with van der Waals surface area (Å²) < 4.78 is 6.18. The van der Waals surface area contributed by atoms with Crippen LogP contribution in [0, 0.1) is 5.92 Å². The van der Waals surface area contributed by atoms with Crippen LogP contribution in [0.1, 0.15) is 82.3 Å². The van der Waals surface area contributed by atoms with Gasteiger partial charge in [0.15, 0.2) is 0 Å². The fourth-order valence-corrected chi connectivity index (χ4v) is 4.60. The monoisotopic (exact) mass is 356 g/mol. The molecule has 0 bridgehead atoms. The number of allylic oxidation sites excluding steroid dienone is 1. The lowest BCUT2D eigenvalue weighted by molar-refractivity contribution is -0.136. The minimum Gasteiger partial charge on any atom is -0.489 e. The van der Waals surface area contributed by atoms with Gasteiger partial charge in [-0.3, -0.25) is 4.79 Å². The largest absolute Gasteiger partial charge is 0.489 e. The Bertz CT molecular complexity index is 666. The lowest BCUT2D eigenvalue weighted by Crippen LogP contribution is -2.07. The summed E-state index contributed by atoms with van der Waals surface area (Å²) in [4.78, 5) is 10.9. The molecule has 0 aliphatic heterocycles. The first-order chi connectivity index (χ1) is 12.5. The van der Waals surface area contributed by atoms with Crippen molar-refractivity contribution in [2.75, 3.05) is 6.61 Å². The number of aliphatic carboxylic acids is 1. The zero-order valence-electron chi connectivity index (χ0n) is 16.2. The van der Waals surface area contributed by atoms with Gasteiger partial charge in [0.2, 0.25) is 0 Å². The Morgan fingerprint density at radius 2 is 1.96 bits per heavy atom. The molecular formula is C23H32O3. The van der Waals surface area contributed by atoms with E-state index in [1.54, 1.807) is 5.57 Å². The van der Waals surface area contributed by atoms with Crippen LogP contribution in [0.4, 0.5) is 0 Å². The van der Waals surface area contributed by atoms with Gasteiger partial charge in [0, 0.05) is 6.42 Å². The van der Waals surface area contributed by atoms with Crippen molar-refractivity contribution in [3.63, 3.8) is 0 Å². The van der Waals surface area contributed by atoms with Crippen LogP contribution in [0.25, 0.3) is 0 Å². The van der Waals surface area contributed by atoms with Crippen LogP contribution in [-0.2, 0) is 11.2 Å². The molecule has 142 valence electrons. The van der Waals surface area contributed by atoms with E-state index in [0.717, 1.165) is 23.8 Å². The van der Waals surface area contributed by atoms with Gasteiger partial charge in [-0.1, -0.05) is 38.3 Å². The summed E-state index contributed by atoms with van der Waals surface area (Å²) in [6.45, 7) is 5.03. The van der Waals surface area contributed by atoms with Gasteiger partial charge in [-0.05, 0) is 79.2 Å². The molecule has 0 amide bonds. The summed E-state index contributed by atoms with van der Waals surface area (Å²) in [5.74, 6) is 1.36. The number of ether oxygens (including phenoxy) is 1. The third kappa shape index (κ3) is 4.69. The van der Waals surface area contributed by atoms with E-state index >= 15 is 0 Å². The number of carbonyl (C=O) groups is 1. The molecule has 0 heterocycles. The Balaban J connectivity index is 1.68. The average molecular weight is 357 g/mol. The SMILES string of the molecule is CC(C)c1cc(OCC2=C(C3CCCC3)CCC2)ccc1CCC(=O)O. The third-order valence-electron chi connectivity index (χ3n) is 5.99. The van der Waals surface area contributed by atoms with E-state index in [4.69, 9.17) is 9.84 Å². The van der Waals surface area contributed by atoms with Gasteiger partial charge in [-0.2, -0.15) is 0 Å². The van der Waals surface area contributed by atoms with Crippen molar-refractivity contribution in [2.45, 2.75) is 77.6 Å². The molecule has 2 aliphatic rings. The van der Waals surface area contributed by atoms with Crippen molar-refractivity contribution in [3.05, 3.63) is 40.5 Å². The minimum atomic E-state index is -0.743. The summed E-state index contributed by atoms with van der Waals surface area (Å²) in [5, 5.41) is 8.95. The Morgan fingerprint density at radius 1 is 1.19 bits per heavy atom. The number of carboxylic acid groups (broad SMARTS) is 1. The smallest absolute Gasteiger partial charge is 0.303 e. The highest BCUT2D eigenvalue weighted by molar-refractivity contribution is 5.67. The third-order valence-corrected chi connectivity index (χ3v) is 5.99. The zero-order chi connectivity index (χ0) is 18.5. The zero-order valence-corrected chi connectivity index (χ0v) is 16.2. The normalized spacial score (nSPS) is 18.1. The van der Waals surface area contributed by atoms with Gasteiger partial charge in [0.05, 0.1) is 0 Å². The highest BCUT2D eigenvalue weighted by Crippen LogP contribution is 2.40. The molecule has 1 N–H and O–H groups in total. The molecule has 0 aromatic heterocycles. The quantitative estimate of drug-likeness (QED) is 0.592. The highest BCUT2D eigenvalue weighted by atomic mass is 16.5. The summed E-state index contributed by atoms with van der Waals surface area (Å²) in [7, 11) is 0. The highest BCUT2D eigenvalue weighted by Gasteiger charge is 2.25. The molecule has 3 nitrogen and oxygen atoms in total. The Hall–Kier alpha value is -1.77. The van der Waals surface area contributed by atoms with Crippen LogP contribution in [0.15, 0.2) is 29.3 Å². The first-order valence-corrected chi connectivity index (χ1v) is 10.2. The van der Waals surface area contributed by atoms with E-state index in [1.807, 2.05) is 6.07 Å². The molecule has 1 fully saturated rings. The van der Waals surface area contributed by atoms with Crippen molar-refractivity contribution in [1.29, 1.82) is 0 Å². The molecule has 0 saturated heterocycles. The van der Waals surface area contributed by atoms with E-state index in [-0.39, 0.29) is 6.42 Å². The summed E-state index contributed by atoms with van der Waals surface area (Å²) >= 11 is 0. The second-order valence-electron chi connectivity index (χ2n) is 8.16. The van der Waals surface area contributed by atoms with E-state index in [0.29, 0.717) is 12.3 Å². The Kier molecular flexibility index (Phi) is 6.39. The molecule has 3 heteroatoms. The van der Waals surface area contributed by atoms with Crippen molar-refractivity contribution in [1.82, 2.24) is 0 Å². The maximum Gasteiger partial charge on any atom is 0.303 e. The number of hydrogen-bond acceptors (Lipinski definition) is 2. The fourth-order valence-electron chi connectivity index (χ4n) is 4.60. The van der Waals surface area contributed by atoms with E-state index in [9.17, 15) is 4.79 Å². The van der Waals surface area contributed by atoms with Gasteiger partial charge in [0.25, 0.3) is 0 Å². The number of carboxylic acids is 1. The molecule has 26 heavy (non-hydrogen) atoms. The number of aryl methyl sites for hydroxylation is 1. The van der Waals surface area contributed by atoms with Gasteiger partial charge in [-0.25, -0.2) is 0 Å². The topological polar surface area (TPSA) is 46.5 Å². The molecule has 0 spiro atoms. The molecule has 3 rings (SSSR count). The van der Waals surface area contributed by atoms with Crippen molar-refractivity contribution in [2.24, 2.45) is 5.92 Å². The molecule has 1 saturated carbocycles. The van der Waals surface area contributed by atoms with Gasteiger partial charge in [-0.15, -0.1) is 0 Å². The number of benzene rings is 1. The second-order valence-corrected chi connectivity index (χ2v) is 8.16. The molecule has 1 aromatic carbocycles. The van der Waals surface area contributed by atoms with Crippen molar-refractivity contribution in [3.8, 4) is 5.75 Å². The molecule has 2 aliphatic carbocycles. The molecule has 0 radical (unpaired) electrons. The van der Waals surface area contributed by atoms with Crippen LogP contribution >= 0.6 is 0 Å². The van der Waals surface area contributed by atoms with E-state index in [2.05, 4.69) is 26.0 Å². The van der Waals surface area contributed by atoms with Crippen LogP contribution in [-0.4, -0.2) is 17.7 Å². The molecular weight excluding hydrogens is 324 g/mol. The molecule has 1 aromatic rings. The van der Waals surface area contributed by atoms with Gasteiger partial charge >= 0.3 is 5.97 Å². The Labute approximate surface area is 157 Å². The van der Waals surface area contributed by atoms with Crippen LogP contribution < -0.4 is 4.74 Å². The lowest BCUT2D eigenvalue weighted by atomic mass is 9.94. The molecule has 0 unspecified atom stereocenters. The van der Waals surface area contributed by atoms with Crippen molar-refractivity contribution < 1.29 is 14.6 Å². The van der Waals surface area contributed by atoms with Gasteiger partial charge in [0.1, 0.15) is 12.4 Å². The first kappa shape index (κ1) is 19.0. The summed E-state index contributed by atoms with van der Waals surface area (Å²) in [6, 6.07) is 6.18.